The number of hydrogen-bond donors (Lipinski definition) is 4. The number of ether oxygens (including phenoxy) is 2. The monoisotopic (exact) mass is 428 g/mol. The first-order chi connectivity index (χ1) is 15.1. The molecule has 3 rings (SSSR count). The van der Waals surface area contributed by atoms with E-state index >= 15 is 0 Å². The first kappa shape index (κ1) is 22.5. The highest BCUT2D eigenvalue weighted by molar-refractivity contribution is 5.89. The van der Waals surface area contributed by atoms with Crippen molar-refractivity contribution in [1.82, 2.24) is 15.6 Å². The van der Waals surface area contributed by atoms with Gasteiger partial charge in [0.05, 0.1) is 44.5 Å². The Bertz CT molecular complexity index is 864. The van der Waals surface area contributed by atoms with Gasteiger partial charge in [-0.25, -0.2) is 4.79 Å². The number of nitrogens with one attached hydrogen (secondary N) is 3. The molecule has 0 spiro atoms. The second-order valence-corrected chi connectivity index (χ2v) is 7.30. The van der Waals surface area contributed by atoms with E-state index in [0.717, 1.165) is 5.69 Å². The number of methoxy groups -OCH3 is 1. The molecular weight excluding hydrogens is 400 g/mol. The van der Waals surface area contributed by atoms with E-state index in [0.29, 0.717) is 30.8 Å². The van der Waals surface area contributed by atoms with Crippen LogP contribution in [0.25, 0.3) is 0 Å². The van der Waals surface area contributed by atoms with Crippen molar-refractivity contribution in [2.24, 2.45) is 0 Å². The Hall–Kier alpha value is -3.17. The average Bonchev–Trinajstić information content (AvgIpc) is 2.79. The van der Waals surface area contributed by atoms with Crippen LogP contribution in [0.4, 0.5) is 10.5 Å². The van der Waals surface area contributed by atoms with Crippen LogP contribution >= 0.6 is 0 Å². The minimum Gasteiger partial charge on any atom is -0.497 e. The fraction of sp³-hybridized carbons (Fsp3) is 0.409. The van der Waals surface area contributed by atoms with Gasteiger partial charge in [0.2, 0.25) is 5.91 Å². The van der Waals surface area contributed by atoms with E-state index in [9.17, 15) is 14.7 Å². The lowest BCUT2D eigenvalue weighted by Crippen LogP contribution is -2.52. The minimum atomic E-state index is -0.585. The molecule has 2 heterocycles. The number of aromatic nitrogens is 1. The van der Waals surface area contributed by atoms with Crippen LogP contribution in [0, 0.1) is 0 Å². The third-order valence-corrected chi connectivity index (χ3v) is 5.05. The number of urea groups is 1. The third kappa shape index (κ3) is 6.94. The molecule has 166 valence electrons. The molecule has 31 heavy (non-hydrogen) atoms. The van der Waals surface area contributed by atoms with Gasteiger partial charge < -0.3 is 30.5 Å². The van der Waals surface area contributed by atoms with Gasteiger partial charge in [-0.15, -0.1) is 0 Å². The fourth-order valence-corrected chi connectivity index (χ4v) is 3.45. The van der Waals surface area contributed by atoms with Crippen molar-refractivity contribution in [3.05, 3.63) is 54.4 Å². The van der Waals surface area contributed by atoms with Gasteiger partial charge in [0.25, 0.3) is 0 Å². The molecule has 0 bridgehead atoms. The maximum Gasteiger partial charge on any atom is 0.319 e. The zero-order valence-corrected chi connectivity index (χ0v) is 17.4. The molecule has 1 aromatic carbocycles. The maximum absolute atomic E-state index is 12.4. The highest BCUT2D eigenvalue weighted by Gasteiger charge is 2.32. The van der Waals surface area contributed by atoms with Crippen LogP contribution in [0.5, 0.6) is 5.75 Å². The van der Waals surface area contributed by atoms with Crippen molar-refractivity contribution in [3.63, 3.8) is 0 Å². The predicted molar refractivity (Wildman–Crippen MR) is 115 cm³/mol. The number of aliphatic hydroxyl groups excluding tert-OH is 1. The van der Waals surface area contributed by atoms with Crippen molar-refractivity contribution in [2.45, 2.75) is 44.1 Å². The van der Waals surface area contributed by atoms with Crippen LogP contribution in [-0.4, -0.2) is 54.0 Å². The molecule has 9 nitrogen and oxygen atoms in total. The summed E-state index contributed by atoms with van der Waals surface area (Å²) in [4.78, 5) is 28.7. The molecule has 9 heteroatoms. The number of benzene rings is 1. The largest absolute Gasteiger partial charge is 0.497 e. The molecular formula is C22H28N4O5. The third-order valence-electron chi connectivity index (χ3n) is 5.05. The summed E-state index contributed by atoms with van der Waals surface area (Å²) in [7, 11) is 1.56. The summed E-state index contributed by atoms with van der Waals surface area (Å²) in [5, 5.41) is 18.1. The van der Waals surface area contributed by atoms with Crippen molar-refractivity contribution in [1.29, 1.82) is 0 Å². The quantitative estimate of drug-likeness (QED) is 0.509. The van der Waals surface area contributed by atoms with Crippen molar-refractivity contribution in [3.8, 4) is 5.75 Å². The Kier molecular flexibility index (Phi) is 8.19. The van der Waals surface area contributed by atoms with E-state index in [1.165, 1.54) is 0 Å². The number of amides is 3. The number of nitrogens with zero attached hydrogens (tertiary/aromatic N) is 1. The molecule has 1 saturated heterocycles. The number of carbonyl (C=O) groups is 2. The summed E-state index contributed by atoms with van der Waals surface area (Å²) in [6.07, 6.45) is 2.15. The number of anilines is 1. The lowest BCUT2D eigenvalue weighted by Gasteiger charge is -2.35. The summed E-state index contributed by atoms with van der Waals surface area (Å²) in [5.74, 6) is 0.491. The first-order valence-electron chi connectivity index (χ1n) is 10.2. The van der Waals surface area contributed by atoms with Gasteiger partial charge in [0, 0.05) is 18.0 Å². The molecule has 1 aliphatic heterocycles. The average molecular weight is 428 g/mol. The highest BCUT2D eigenvalue weighted by Crippen LogP contribution is 2.22. The van der Waals surface area contributed by atoms with E-state index in [-0.39, 0.29) is 31.1 Å². The Balaban J connectivity index is 1.45. The Morgan fingerprint density at radius 3 is 2.84 bits per heavy atom. The molecule has 1 aromatic heterocycles. The van der Waals surface area contributed by atoms with E-state index < -0.39 is 12.1 Å². The van der Waals surface area contributed by atoms with Crippen LogP contribution in [0.15, 0.2) is 48.7 Å². The molecule has 1 fully saturated rings. The molecule has 2 aromatic rings. The Morgan fingerprint density at radius 2 is 2.10 bits per heavy atom. The molecule has 3 amide bonds. The lowest BCUT2D eigenvalue weighted by atomic mass is 9.97. The molecule has 1 aliphatic rings. The summed E-state index contributed by atoms with van der Waals surface area (Å²) in [6, 6.07) is 11.8. The predicted octanol–water partition coefficient (Wildman–Crippen LogP) is 1.83. The summed E-state index contributed by atoms with van der Waals surface area (Å²) in [5.41, 5.74) is 1.37. The van der Waals surface area contributed by atoms with Crippen LogP contribution < -0.4 is 20.7 Å². The van der Waals surface area contributed by atoms with E-state index in [1.54, 1.807) is 37.6 Å². The zero-order valence-electron chi connectivity index (χ0n) is 17.4. The number of pyridine rings is 1. The second-order valence-electron chi connectivity index (χ2n) is 7.30. The van der Waals surface area contributed by atoms with Gasteiger partial charge in [-0.3, -0.25) is 9.78 Å². The van der Waals surface area contributed by atoms with Gasteiger partial charge in [-0.1, -0.05) is 12.1 Å². The smallest absolute Gasteiger partial charge is 0.319 e. The minimum absolute atomic E-state index is 0.144. The van der Waals surface area contributed by atoms with Gasteiger partial charge in [0.1, 0.15) is 11.9 Å². The van der Waals surface area contributed by atoms with Gasteiger partial charge >= 0.3 is 6.03 Å². The first-order valence-corrected chi connectivity index (χ1v) is 10.2. The van der Waals surface area contributed by atoms with Crippen molar-refractivity contribution in [2.75, 3.05) is 19.0 Å². The van der Waals surface area contributed by atoms with Gasteiger partial charge in [-0.05, 0) is 37.1 Å². The molecule has 0 aliphatic carbocycles. The molecule has 3 atom stereocenters. The van der Waals surface area contributed by atoms with E-state index in [1.807, 2.05) is 18.2 Å². The highest BCUT2D eigenvalue weighted by atomic mass is 16.5. The Morgan fingerprint density at radius 1 is 1.23 bits per heavy atom. The molecule has 0 saturated carbocycles. The number of rotatable bonds is 8. The number of carbonyl (C=O) groups excluding carboxylic acids is 2. The van der Waals surface area contributed by atoms with Crippen LogP contribution in [0.2, 0.25) is 0 Å². The topological polar surface area (TPSA) is 122 Å². The van der Waals surface area contributed by atoms with Gasteiger partial charge in [0.15, 0.2) is 0 Å². The number of hydrogen-bond acceptors (Lipinski definition) is 6. The summed E-state index contributed by atoms with van der Waals surface area (Å²) in [6.45, 7) is 0.0978. The SMILES string of the molecule is COc1cccc(NC(=O)N[C@H]2CC[C@H](CC(=O)NCc3ccccn3)O[C@H]2CO)c1. The molecule has 0 unspecified atom stereocenters. The lowest BCUT2D eigenvalue weighted by molar-refractivity contribution is -0.130. The Labute approximate surface area is 181 Å². The fourth-order valence-electron chi connectivity index (χ4n) is 3.45. The molecule has 0 radical (unpaired) electrons. The van der Waals surface area contributed by atoms with Crippen molar-refractivity contribution < 1.29 is 24.2 Å². The zero-order chi connectivity index (χ0) is 22.1. The summed E-state index contributed by atoms with van der Waals surface area (Å²) < 4.78 is 11.0. The standard InChI is InChI=1S/C22H28N4O5/c1-30-17-7-4-6-15(11-17)25-22(29)26-19-9-8-18(31-20(19)14-27)12-21(28)24-13-16-5-2-3-10-23-16/h2-7,10-11,18-20,27H,8-9,12-14H2,1H3,(H,24,28)(H2,25,26,29)/t18-,19+,20+/m1/s1. The van der Waals surface area contributed by atoms with Crippen LogP contribution in [0.3, 0.4) is 0 Å². The van der Waals surface area contributed by atoms with Crippen LogP contribution in [0.1, 0.15) is 25.0 Å². The van der Waals surface area contributed by atoms with Crippen molar-refractivity contribution >= 4 is 17.6 Å². The summed E-state index contributed by atoms with van der Waals surface area (Å²) >= 11 is 0. The maximum atomic E-state index is 12.4. The van der Waals surface area contributed by atoms with E-state index in [2.05, 4.69) is 20.9 Å². The van der Waals surface area contributed by atoms with E-state index in [4.69, 9.17) is 9.47 Å². The van der Waals surface area contributed by atoms with Gasteiger partial charge in [-0.2, -0.15) is 0 Å². The van der Waals surface area contributed by atoms with Crippen LogP contribution in [-0.2, 0) is 16.1 Å². The second kappa shape index (κ2) is 11.3. The number of aliphatic hydroxyl groups is 1. The normalized spacial score (nSPS) is 20.5. The molecule has 4 N–H and O–H groups in total.